The minimum atomic E-state index is -0.510. The highest BCUT2D eigenvalue weighted by Gasteiger charge is 2.12. The van der Waals surface area contributed by atoms with Gasteiger partial charge in [0.05, 0.1) is 13.7 Å². The molecule has 1 amide bonds. The summed E-state index contributed by atoms with van der Waals surface area (Å²) in [7, 11) is 1.56. The molecule has 0 heterocycles. The molecule has 0 atom stereocenters. The van der Waals surface area contributed by atoms with E-state index >= 15 is 0 Å². The maximum atomic E-state index is 12.6. The maximum absolute atomic E-state index is 12.6. The van der Waals surface area contributed by atoms with Crippen molar-refractivity contribution in [3.8, 4) is 23.3 Å². The van der Waals surface area contributed by atoms with Crippen LogP contribution in [0.1, 0.15) is 18.1 Å². The van der Waals surface area contributed by atoms with Crippen LogP contribution in [0.25, 0.3) is 6.08 Å². The summed E-state index contributed by atoms with van der Waals surface area (Å²) in [5.74, 6) is 1.22. The van der Waals surface area contributed by atoms with Gasteiger partial charge >= 0.3 is 0 Å². The highest BCUT2D eigenvalue weighted by molar-refractivity contribution is 6.09. The third-order valence-corrected chi connectivity index (χ3v) is 4.50. The van der Waals surface area contributed by atoms with Crippen molar-refractivity contribution in [2.45, 2.75) is 13.5 Å². The summed E-state index contributed by atoms with van der Waals surface area (Å²) in [6, 6.07) is 24.0. The van der Waals surface area contributed by atoms with Crippen LogP contribution in [-0.2, 0) is 11.4 Å². The zero-order chi connectivity index (χ0) is 22.8. The molecule has 3 aromatic rings. The number of hydrogen-bond donors (Lipinski definition) is 1. The van der Waals surface area contributed by atoms with Crippen LogP contribution in [0.4, 0.5) is 5.69 Å². The lowest BCUT2D eigenvalue weighted by Gasteiger charge is -2.12. The molecule has 0 aliphatic rings. The van der Waals surface area contributed by atoms with Crippen molar-refractivity contribution in [3.05, 3.63) is 89.5 Å². The predicted octanol–water partition coefficient (Wildman–Crippen LogP) is 5.22. The van der Waals surface area contributed by atoms with Gasteiger partial charge in [0.25, 0.3) is 5.91 Å². The van der Waals surface area contributed by atoms with Crippen molar-refractivity contribution < 1.29 is 19.0 Å². The minimum absolute atomic E-state index is 0.0361. The fraction of sp³-hybridized carbons (Fsp3) is 0.154. The third-order valence-electron chi connectivity index (χ3n) is 4.50. The zero-order valence-corrected chi connectivity index (χ0v) is 18.0. The number of ether oxygens (including phenoxy) is 3. The lowest BCUT2D eigenvalue weighted by molar-refractivity contribution is -0.112. The number of benzene rings is 3. The van der Waals surface area contributed by atoms with Crippen molar-refractivity contribution in [1.82, 2.24) is 0 Å². The number of rotatable bonds is 9. The topological polar surface area (TPSA) is 80.6 Å². The van der Waals surface area contributed by atoms with Crippen LogP contribution in [0.5, 0.6) is 17.2 Å². The van der Waals surface area contributed by atoms with E-state index in [9.17, 15) is 10.1 Å². The normalized spacial score (nSPS) is 10.7. The van der Waals surface area contributed by atoms with Crippen LogP contribution in [0.3, 0.4) is 0 Å². The Hall–Kier alpha value is -4.24. The Morgan fingerprint density at radius 3 is 2.53 bits per heavy atom. The molecule has 0 unspecified atom stereocenters. The Bertz CT molecular complexity index is 1130. The highest BCUT2D eigenvalue weighted by Crippen LogP contribution is 2.30. The molecule has 0 aromatic heterocycles. The molecular weight excluding hydrogens is 404 g/mol. The van der Waals surface area contributed by atoms with E-state index in [1.807, 2.05) is 43.3 Å². The van der Waals surface area contributed by atoms with Gasteiger partial charge in [0, 0.05) is 11.8 Å². The number of methoxy groups -OCH3 is 1. The average molecular weight is 428 g/mol. The smallest absolute Gasteiger partial charge is 0.266 e. The molecule has 0 radical (unpaired) electrons. The molecule has 162 valence electrons. The van der Waals surface area contributed by atoms with Crippen molar-refractivity contribution >= 4 is 17.7 Å². The third kappa shape index (κ3) is 6.13. The molecule has 0 spiro atoms. The number of carbonyl (C=O) groups excluding carboxylic acids is 1. The molecule has 6 nitrogen and oxygen atoms in total. The fourth-order valence-electron chi connectivity index (χ4n) is 2.98. The number of amides is 1. The molecule has 3 rings (SSSR count). The van der Waals surface area contributed by atoms with Crippen molar-refractivity contribution in [2.75, 3.05) is 19.0 Å². The number of anilines is 1. The summed E-state index contributed by atoms with van der Waals surface area (Å²) in [5.41, 5.74) is 2.17. The number of nitrogens with zero attached hydrogens (tertiary/aromatic N) is 1. The van der Waals surface area contributed by atoms with Crippen molar-refractivity contribution in [2.24, 2.45) is 0 Å². The lowest BCUT2D eigenvalue weighted by Crippen LogP contribution is -2.13. The fourth-order valence-corrected chi connectivity index (χ4v) is 2.98. The van der Waals surface area contributed by atoms with Gasteiger partial charge in [-0.15, -0.1) is 0 Å². The molecule has 6 heteroatoms. The summed E-state index contributed by atoms with van der Waals surface area (Å²) < 4.78 is 16.7. The van der Waals surface area contributed by atoms with Gasteiger partial charge in [0.15, 0.2) is 11.5 Å². The van der Waals surface area contributed by atoms with Crippen LogP contribution in [-0.4, -0.2) is 19.6 Å². The van der Waals surface area contributed by atoms with Gasteiger partial charge in [-0.25, -0.2) is 0 Å². The second-order valence-electron chi connectivity index (χ2n) is 6.77. The molecule has 0 saturated carbocycles. The zero-order valence-electron chi connectivity index (χ0n) is 18.0. The van der Waals surface area contributed by atoms with Gasteiger partial charge in [0.2, 0.25) is 0 Å². The van der Waals surface area contributed by atoms with Gasteiger partial charge in [-0.3, -0.25) is 4.79 Å². The first-order chi connectivity index (χ1) is 15.6. The first-order valence-electron chi connectivity index (χ1n) is 10.1. The molecule has 0 saturated heterocycles. The van der Waals surface area contributed by atoms with Crippen LogP contribution < -0.4 is 19.5 Å². The largest absolute Gasteiger partial charge is 0.494 e. The predicted molar refractivity (Wildman–Crippen MR) is 124 cm³/mol. The molecule has 1 N–H and O–H groups in total. The SMILES string of the molecule is CCOc1cccc(NC(=O)/C(C#N)=C/c2ccc(OC)c(OCc3ccccc3)c2)c1. The molecule has 0 aliphatic heterocycles. The molecule has 0 fully saturated rings. The Balaban J connectivity index is 1.77. The highest BCUT2D eigenvalue weighted by atomic mass is 16.5. The minimum Gasteiger partial charge on any atom is -0.494 e. The van der Waals surface area contributed by atoms with Gasteiger partial charge in [-0.05, 0) is 48.4 Å². The average Bonchev–Trinajstić information content (AvgIpc) is 2.82. The van der Waals surface area contributed by atoms with Gasteiger partial charge in [0.1, 0.15) is 24.0 Å². The van der Waals surface area contributed by atoms with E-state index in [0.29, 0.717) is 41.7 Å². The second-order valence-corrected chi connectivity index (χ2v) is 6.77. The lowest BCUT2D eigenvalue weighted by atomic mass is 10.1. The van der Waals surface area contributed by atoms with Crippen LogP contribution in [0.15, 0.2) is 78.4 Å². The molecule has 0 aliphatic carbocycles. The Kier molecular flexibility index (Phi) is 7.88. The number of nitriles is 1. The van der Waals surface area contributed by atoms with E-state index in [2.05, 4.69) is 5.32 Å². The Morgan fingerprint density at radius 1 is 1.00 bits per heavy atom. The summed E-state index contributed by atoms with van der Waals surface area (Å²) in [6.07, 6.45) is 1.51. The van der Waals surface area contributed by atoms with Crippen LogP contribution in [0, 0.1) is 11.3 Å². The Morgan fingerprint density at radius 2 is 1.81 bits per heavy atom. The van der Waals surface area contributed by atoms with Gasteiger partial charge in [-0.1, -0.05) is 42.5 Å². The maximum Gasteiger partial charge on any atom is 0.266 e. The monoisotopic (exact) mass is 428 g/mol. The molecule has 32 heavy (non-hydrogen) atoms. The van der Waals surface area contributed by atoms with Crippen LogP contribution in [0.2, 0.25) is 0 Å². The summed E-state index contributed by atoms with van der Waals surface area (Å²) >= 11 is 0. The van der Waals surface area contributed by atoms with E-state index in [4.69, 9.17) is 14.2 Å². The van der Waals surface area contributed by atoms with E-state index in [1.165, 1.54) is 6.08 Å². The Labute approximate surface area is 187 Å². The number of carbonyl (C=O) groups is 1. The van der Waals surface area contributed by atoms with Crippen LogP contribution >= 0.6 is 0 Å². The van der Waals surface area contributed by atoms with E-state index in [0.717, 1.165) is 5.56 Å². The molecular formula is C26H24N2O4. The van der Waals surface area contributed by atoms with Crippen molar-refractivity contribution in [1.29, 1.82) is 5.26 Å². The van der Waals surface area contributed by atoms with E-state index in [1.54, 1.807) is 49.6 Å². The summed E-state index contributed by atoms with van der Waals surface area (Å²) in [6.45, 7) is 2.77. The first-order valence-corrected chi connectivity index (χ1v) is 10.1. The summed E-state index contributed by atoms with van der Waals surface area (Å²) in [5, 5.41) is 12.3. The number of nitrogens with one attached hydrogen (secondary N) is 1. The molecule has 3 aromatic carbocycles. The summed E-state index contributed by atoms with van der Waals surface area (Å²) in [4.78, 5) is 12.6. The van der Waals surface area contributed by atoms with E-state index in [-0.39, 0.29) is 5.57 Å². The standard InChI is InChI=1S/C26H24N2O4/c1-3-31-23-11-7-10-22(16-23)28-26(29)21(17-27)14-20-12-13-24(30-2)25(15-20)32-18-19-8-5-4-6-9-19/h4-16H,3,18H2,1-2H3,(H,28,29)/b21-14+. The quantitative estimate of drug-likeness (QED) is 0.373. The second kappa shape index (κ2) is 11.2. The first kappa shape index (κ1) is 22.4. The number of hydrogen-bond acceptors (Lipinski definition) is 5. The van der Waals surface area contributed by atoms with E-state index < -0.39 is 5.91 Å². The van der Waals surface area contributed by atoms with Gasteiger partial charge < -0.3 is 19.5 Å². The van der Waals surface area contributed by atoms with Crippen molar-refractivity contribution in [3.63, 3.8) is 0 Å². The molecule has 0 bridgehead atoms. The van der Waals surface area contributed by atoms with Gasteiger partial charge in [-0.2, -0.15) is 5.26 Å².